The molecule has 1 amide bonds. The van der Waals surface area contributed by atoms with Gasteiger partial charge >= 0.3 is 0 Å². The van der Waals surface area contributed by atoms with E-state index >= 15 is 0 Å². The molecule has 2 rings (SSSR count). The van der Waals surface area contributed by atoms with Crippen LogP contribution in [-0.2, 0) is 9.63 Å². The molecule has 0 spiro atoms. The van der Waals surface area contributed by atoms with Crippen LogP contribution < -0.4 is 11.6 Å². The van der Waals surface area contributed by atoms with Crippen LogP contribution in [0.4, 0.5) is 0 Å². The zero-order valence-electron chi connectivity index (χ0n) is 9.74. The van der Waals surface area contributed by atoms with E-state index in [4.69, 9.17) is 11.6 Å². The van der Waals surface area contributed by atoms with Crippen LogP contribution in [-0.4, -0.2) is 5.91 Å². The smallest absolute Gasteiger partial charge is 0.253 e. The predicted molar refractivity (Wildman–Crippen MR) is 69.1 cm³/mol. The van der Waals surface area contributed by atoms with Crippen molar-refractivity contribution in [3.05, 3.63) is 60.2 Å². The Morgan fingerprint density at radius 2 is 1.67 bits per heavy atom. The number of amides is 1. The van der Waals surface area contributed by atoms with Gasteiger partial charge in [-0.25, -0.2) is 5.90 Å². The number of hydrogen-bond donors (Lipinski definition) is 2. The maximum absolute atomic E-state index is 11.2. The lowest BCUT2D eigenvalue weighted by atomic mass is 10.0. The van der Waals surface area contributed by atoms with E-state index in [2.05, 4.69) is 4.84 Å². The molecular formula is C14H14N2O2. The molecule has 0 fully saturated rings. The van der Waals surface area contributed by atoms with Crippen LogP contribution in [0.25, 0.3) is 11.1 Å². The lowest BCUT2D eigenvalue weighted by molar-refractivity contribution is -0.130. The van der Waals surface area contributed by atoms with Crippen LogP contribution in [0, 0.1) is 0 Å². The lowest BCUT2D eigenvalue weighted by Crippen LogP contribution is -2.26. The first kappa shape index (κ1) is 12.3. The number of carbonyl (C=O) groups is 1. The van der Waals surface area contributed by atoms with Crippen molar-refractivity contribution < 1.29 is 9.63 Å². The number of nitrogens with two attached hydrogens (primary N) is 2. The van der Waals surface area contributed by atoms with Crippen molar-refractivity contribution in [3.63, 3.8) is 0 Å². The minimum absolute atomic E-state index is 0.609. The summed E-state index contributed by atoms with van der Waals surface area (Å²) in [5.74, 6) is 4.49. The maximum atomic E-state index is 11.2. The van der Waals surface area contributed by atoms with Gasteiger partial charge in [-0.1, -0.05) is 48.5 Å². The van der Waals surface area contributed by atoms with Crippen LogP contribution in [0.3, 0.4) is 0 Å². The van der Waals surface area contributed by atoms with E-state index in [0.29, 0.717) is 5.56 Å². The van der Waals surface area contributed by atoms with Crippen molar-refractivity contribution in [3.8, 4) is 11.1 Å². The highest BCUT2D eigenvalue weighted by atomic mass is 16.6. The van der Waals surface area contributed by atoms with Gasteiger partial charge in [-0.05, 0) is 22.8 Å². The summed E-state index contributed by atoms with van der Waals surface area (Å²) in [6.45, 7) is 0. The molecule has 0 saturated carbocycles. The molecule has 4 heteroatoms. The Morgan fingerprint density at radius 1 is 1.00 bits per heavy atom. The fourth-order valence-electron chi connectivity index (χ4n) is 1.82. The van der Waals surface area contributed by atoms with E-state index in [9.17, 15) is 4.79 Å². The van der Waals surface area contributed by atoms with Gasteiger partial charge in [-0.2, -0.15) is 0 Å². The van der Waals surface area contributed by atoms with Gasteiger partial charge in [0, 0.05) is 0 Å². The first-order valence-corrected chi connectivity index (χ1v) is 5.52. The standard InChI is InChI=1S/C14H14N2O2/c15-14(17)13(18-16)12-8-4-7-11(9-12)10-5-2-1-3-6-10/h1-9,13H,16H2,(H2,15,17). The number of primary amides is 1. The quantitative estimate of drug-likeness (QED) is 0.802. The first-order valence-electron chi connectivity index (χ1n) is 5.52. The normalized spacial score (nSPS) is 12.1. The molecule has 0 bridgehead atoms. The maximum Gasteiger partial charge on any atom is 0.253 e. The van der Waals surface area contributed by atoms with Crippen LogP contribution in [0.2, 0.25) is 0 Å². The van der Waals surface area contributed by atoms with Gasteiger partial charge in [-0.3, -0.25) is 9.63 Å². The second-order valence-corrected chi connectivity index (χ2v) is 3.91. The fourth-order valence-corrected chi connectivity index (χ4v) is 1.82. The largest absolute Gasteiger partial charge is 0.367 e. The fraction of sp³-hybridized carbons (Fsp3) is 0.0714. The van der Waals surface area contributed by atoms with Crippen molar-refractivity contribution in [2.75, 3.05) is 0 Å². The monoisotopic (exact) mass is 242 g/mol. The molecule has 92 valence electrons. The number of hydrogen-bond acceptors (Lipinski definition) is 3. The highest BCUT2D eigenvalue weighted by Gasteiger charge is 2.17. The summed E-state index contributed by atoms with van der Waals surface area (Å²) < 4.78 is 0. The molecule has 1 atom stereocenters. The summed E-state index contributed by atoms with van der Waals surface area (Å²) in [5.41, 5.74) is 7.91. The Labute approximate surface area is 105 Å². The van der Waals surface area contributed by atoms with Gasteiger partial charge in [0.15, 0.2) is 6.10 Å². The zero-order chi connectivity index (χ0) is 13.0. The second kappa shape index (κ2) is 5.44. The Balaban J connectivity index is 2.39. The third-order valence-electron chi connectivity index (χ3n) is 2.69. The summed E-state index contributed by atoms with van der Waals surface area (Å²) in [7, 11) is 0. The molecule has 0 heterocycles. The van der Waals surface area contributed by atoms with Gasteiger partial charge in [0.25, 0.3) is 5.91 Å². The molecule has 0 radical (unpaired) electrons. The molecule has 4 N–H and O–H groups in total. The molecule has 2 aromatic rings. The summed E-state index contributed by atoms with van der Waals surface area (Å²) in [6, 6.07) is 17.2. The van der Waals surface area contributed by atoms with E-state index in [1.54, 1.807) is 6.07 Å². The van der Waals surface area contributed by atoms with Crippen LogP contribution in [0.1, 0.15) is 11.7 Å². The zero-order valence-corrected chi connectivity index (χ0v) is 9.74. The predicted octanol–water partition coefficient (Wildman–Crippen LogP) is 1.77. The Morgan fingerprint density at radius 3 is 2.28 bits per heavy atom. The Bertz CT molecular complexity index is 541. The minimum atomic E-state index is -0.923. The molecule has 0 aliphatic heterocycles. The second-order valence-electron chi connectivity index (χ2n) is 3.91. The Kier molecular flexibility index (Phi) is 3.72. The van der Waals surface area contributed by atoms with Crippen molar-refractivity contribution in [2.45, 2.75) is 6.10 Å². The van der Waals surface area contributed by atoms with Crippen molar-refractivity contribution >= 4 is 5.91 Å². The molecule has 0 aliphatic rings. The van der Waals surface area contributed by atoms with Gasteiger partial charge in [-0.15, -0.1) is 0 Å². The summed E-state index contributed by atoms with van der Waals surface area (Å²) in [6.07, 6.45) is -0.923. The number of carbonyl (C=O) groups excluding carboxylic acids is 1. The van der Waals surface area contributed by atoms with E-state index in [-0.39, 0.29) is 0 Å². The van der Waals surface area contributed by atoms with Crippen molar-refractivity contribution in [1.82, 2.24) is 0 Å². The van der Waals surface area contributed by atoms with E-state index in [0.717, 1.165) is 11.1 Å². The molecule has 4 nitrogen and oxygen atoms in total. The molecular weight excluding hydrogens is 228 g/mol. The summed E-state index contributed by atoms with van der Waals surface area (Å²) in [4.78, 5) is 15.8. The Hall–Kier alpha value is -2.17. The third kappa shape index (κ3) is 2.56. The third-order valence-corrected chi connectivity index (χ3v) is 2.69. The van der Waals surface area contributed by atoms with E-state index in [1.165, 1.54) is 0 Å². The molecule has 1 unspecified atom stereocenters. The SMILES string of the molecule is NOC(C(N)=O)c1cccc(-c2ccccc2)c1. The number of benzene rings is 2. The first-order chi connectivity index (χ1) is 8.72. The molecule has 2 aromatic carbocycles. The van der Waals surface area contributed by atoms with Gasteiger partial charge in [0.05, 0.1) is 0 Å². The average Bonchev–Trinajstić information content (AvgIpc) is 2.40. The average molecular weight is 242 g/mol. The van der Waals surface area contributed by atoms with E-state index in [1.807, 2.05) is 48.5 Å². The van der Waals surface area contributed by atoms with Crippen molar-refractivity contribution in [2.24, 2.45) is 11.6 Å². The van der Waals surface area contributed by atoms with Crippen LogP contribution in [0.5, 0.6) is 0 Å². The lowest BCUT2D eigenvalue weighted by Gasteiger charge is -2.12. The van der Waals surface area contributed by atoms with Crippen LogP contribution in [0.15, 0.2) is 54.6 Å². The van der Waals surface area contributed by atoms with Gasteiger partial charge in [0.1, 0.15) is 0 Å². The highest BCUT2D eigenvalue weighted by molar-refractivity contribution is 5.81. The van der Waals surface area contributed by atoms with Crippen molar-refractivity contribution in [1.29, 1.82) is 0 Å². The van der Waals surface area contributed by atoms with E-state index < -0.39 is 12.0 Å². The van der Waals surface area contributed by atoms with Gasteiger partial charge in [0.2, 0.25) is 0 Å². The summed E-state index contributed by atoms with van der Waals surface area (Å²) >= 11 is 0. The molecule has 18 heavy (non-hydrogen) atoms. The minimum Gasteiger partial charge on any atom is -0.367 e. The van der Waals surface area contributed by atoms with Crippen LogP contribution >= 0.6 is 0 Å². The number of rotatable bonds is 4. The highest BCUT2D eigenvalue weighted by Crippen LogP contribution is 2.23. The topological polar surface area (TPSA) is 78.3 Å². The molecule has 0 aliphatic carbocycles. The molecule has 0 saturated heterocycles. The van der Waals surface area contributed by atoms with Gasteiger partial charge < -0.3 is 5.73 Å². The molecule has 0 aromatic heterocycles. The summed E-state index contributed by atoms with van der Waals surface area (Å²) in [5, 5.41) is 0.